The van der Waals surface area contributed by atoms with Crippen molar-refractivity contribution in [3.8, 4) is 0 Å². The Morgan fingerprint density at radius 3 is 2.42 bits per heavy atom. The number of ether oxygens (including phenoxy) is 2. The minimum Gasteiger partial charge on any atom is -0.461 e. The van der Waals surface area contributed by atoms with Crippen LogP contribution in [0.25, 0.3) is 0 Å². The maximum atomic E-state index is 11.9. The van der Waals surface area contributed by atoms with E-state index in [1.807, 2.05) is 18.2 Å². The first-order chi connectivity index (χ1) is 12.7. The predicted molar refractivity (Wildman–Crippen MR) is 106 cm³/mol. The van der Waals surface area contributed by atoms with Crippen LogP contribution in [0.15, 0.2) is 30.3 Å². The van der Waals surface area contributed by atoms with Crippen LogP contribution < -0.4 is 0 Å². The molecule has 0 aliphatic carbocycles. The first-order valence-electron chi connectivity index (χ1n) is 10.6. The SMILES string of the molecule is CCCCCC[C@@H]1C(=O)O[C@H]1CC(CCCCC)OCc1ccccc1. The van der Waals surface area contributed by atoms with Crippen molar-refractivity contribution in [2.75, 3.05) is 0 Å². The molecule has 1 fully saturated rings. The maximum Gasteiger partial charge on any atom is 0.313 e. The Morgan fingerprint density at radius 1 is 1.00 bits per heavy atom. The van der Waals surface area contributed by atoms with Crippen LogP contribution in [0.5, 0.6) is 0 Å². The van der Waals surface area contributed by atoms with Crippen molar-refractivity contribution >= 4 is 5.97 Å². The van der Waals surface area contributed by atoms with Gasteiger partial charge in [0.25, 0.3) is 0 Å². The summed E-state index contributed by atoms with van der Waals surface area (Å²) in [4.78, 5) is 11.9. The van der Waals surface area contributed by atoms with Crippen molar-refractivity contribution in [1.82, 2.24) is 0 Å². The number of hydrogen-bond acceptors (Lipinski definition) is 3. The molecule has 2 rings (SSSR count). The molecular formula is C23H36O3. The third kappa shape index (κ3) is 7.11. The Kier molecular flexibility index (Phi) is 9.76. The fourth-order valence-corrected chi connectivity index (χ4v) is 3.64. The standard InChI is InChI=1S/C23H36O3/c1-3-5-7-12-16-21-22(26-23(21)24)17-20(15-9-6-4-2)25-18-19-13-10-8-11-14-19/h8,10-11,13-14,20-22H,3-7,9,12,15-18H2,1-2H3/t20?,21-,22-/m0/s1. The van der Waals surface area contributed by atoms with Crippen LogP contribution in [0.3, 0.4) is 0 Å². The van der Waals surface area contributed by atoms with Gasteiger partial charge in [0.05, 0.1) is 18.6 Å². The Labute approximate surface area is 159 Å². The number of cyclic esters (lactones) is 1. The zero-order chi connectivity index (χ0) is 18.6. The maximum absolute atomic E-state index is 11.9. The summed E-state index contributed by atoms with van der Waals surface area (Å²) >= 11 is 0. The molecule has 1 heterocycles. The second-order valence-corrected chi connectivity index (χ2v) is 7.58. The van der Waals surface area contributed by atoms with Crippen molar-refractivity contribution in [3.63, 3.8) is 0 Å². The molecule has 26 heavy (non-hydrogen) atoms. The summed E-state index contributed by atoms with van der Waals surface area (Å²) in [5, 5.41) is 0. The molecular weight excluding hydrogens is 324 g/mol. The number of carbonyl (C=O) groups is 1. The normalized spacial score (nSPS) is 20.5. The van der Waals surface area contributed by atoms with Gasteiger partial charge >= 0.3 is 5.97 Å². The smallest absolute Gasteiger partial charge is 0.313 e. The fraction of sp³-hybridized carbons (Fsp3) is 0.696. The van der Waals surface area contributed by atoms with E-state index in [4.69, 9.17) is 9.47 Å². The molecule has 0 saturated carbocycles. The second kappa shape index (κ2) is 12.1. The van der Waals surface area contributed by atoms with Gasteiger partial charge in [-0.2, -0.15) is 0 Å². The average molecular weight is 361 g/mol. The number of benzene rings is 1. The van der Waals surface area contributed by atoms with Gasteiger partial charge in [-0.3, -0.25) is 4.79 Å². The minimum atomic E-state index is 0.00173. The third-order valence-electron chi connectivity index (χ3n) is 5.34. The zero-order valence-corrected chi connectivity index (χ0v) is 16.6. The first-order valence-corrected chi connectivity index (χ1v) is 10.6. The number of unbranched alkanes of at least 4 members (excludes halogenated alkanes) is 5. The molecule has 1 aromatic rings. The van der Waals surface area contributed by atoms with Gasteiger partial charge in [-0.1, -0.05) is 89.1 Å². The van der Waals surface area contributed by atoms with Gasteiger partial charge in [0.15, 0.2) is 0 Å². The molecule has 3 heteroatoms. The van der Waals surface area contributed by atoms with Crippen molar-refractivity contribution in [2.45, 2.75) is 96.9 Å². The van der Waals surface area contributed by atoms with Crippen LogP contribution in [0, 0.1) is 5.92 Å². The molecule has 0 amide bonds. The van der Waals surface area contributed by atoms with E-state index in [0.29, 0.717) is 6.61 Å². The lowest BCUT2D eigenvalue weighted by Gasteiger charge is -2.37. The van der Waals surface area contributed by atoms with E-state index in [9.17, 15) is 4.79 Å². The molecule has 1 aliphatic rings. The van der Waals surface area contributed by atoms with Gasteiger partial charge in [0.1, 0.15) is 6.10 Å². The molecule has 0 spiro atoms. The van der Waals surface area contributed by atoms with E-state index >= 15 is 0 Å². The highest BCUT2D eigenvalue weighted by Crippen LogP contribution is 2.32. The number of hydrogen-bond donors (Lipinski definition) is 0. The summed E-state index contributed by atoms with van der Waals surface area (Å²) in [5.41, 5.74) is 1.20. The van der Waals surface area contributed by atoms with E-state index in [-0.39, 0.29) is 24.1 Å². The lowest BCUT2D eigenvalue weighted by atomic mass is 9.86. The van der Waals surface area contributed by atoms with Gasteiger partial charge in [-0.05, 0) is 18.4 Å². The minimum absolute atomic E-state index is 0.00173. The second-order valence-electron chi connectivity index (χ2n) is 7.58. The third-order valence-corrected chi connectivity index (χ3v) is 5.34. The summed E-state index contributed by atoms with van der Waals surface area (Å²) < 4.78 is 11.7. The molecule has 3 atom stereocenters. The molecule has 1 aliphatic heterocycles. The first kappa shape index (κ1) is 21.0. The van der Waals surface area contributed by atoms with E-state index in [1.165, 1.54) is 44.1 Å². The monoisotopic (exact) mass is 360 g/mol. The van der Waals surface area contributed by atoms with Crippen molar-refractivity contribution in [1.29, 1.82) is 0 Å². The van der Waals surface area contributed by atoms with Crippen molar-refractivity contribution in [3.05, 3.63) is 35.9 Å². The molecule has 3 nitrogen and oxygen atoms in total. The van der Waals surface area contributed by atoms with E-state index in [0.717, 1.165) is 25.7 Å². The van der Waals surface area contributed by atoms with Crippen molar-refractivity contribution in [2.24, 2.45) is 5.92 Å². The molecule has 1 unspecified atom stereocenters. The summed E-state index contributed by atoms with van der Waals surface area (Å²) in [6, 6.07) is 10.3. The van der Waals surface area contributed by atoms with Crippen LogP contribution >= 0.6 is 0 Å². The zero-order valence-electron chi connectivity index (χ0n) is 16.6. The molecule has 1 saturated heterocycles. The molecule has 0 radical (unpaired) electrons. The number of carbonyl (C=O) groups excluding carboxylic acids is 1. The van der Waals surface area contributed by atoms with Gasteiger partial charge in [-0.25, -0.2) is 0 Å². The summed E-state index contributed by atoms with van der Waals surface area (Å²) in [6.07, 6.45) is 11.6. The molecule has 1 aromatic carbocycles. The highest BCUT2D eigenvalue weighted by Gasteiger charge is 2.42. The predicted octanol–water partition coefficient (Wildman–Crippen LogP) is 6.05. The fourth-order valence-electron chi connectivity index (χ4n) is 3.64. The number of rotatable bonds is 14. The van der Waals surface area contributed by atoms with E-state index < -0.39 is 0 Å². The summed E-state index contributed by atoms with van der Waals surface area (Å²) in [5.74, 6) is 0.0997. The van der Waals surface area contributed by atoms with Crippen molar-refractivity contribution < 1.29 is 14.3 Å². The Morgan fingerprint density at radius 2 is 1.73 bits per heavy atom. The largest absolute Gasteiger partial charge is 0.461 e. The summed E-state index contributed by atoms with van der Waals surface area (Å²) in [6.45, 7) is 5.07. The lowest BCUT2D eigenvalue weighted by molar-refractivity contribution is -0.190. The highest BCUT2D eigenvalue weighted by molar-refractivity contribution is 5.78. The van der Waals surface area contributed by atoms with Crippen LogP contribution in [-0.4, -0.2) is 18.2 Å². The van der Waals surface area contributed by atoms with Gasteiger partial charge in [-0.15, -0.1) is 0 Å². The van der Waals surface area contributed by atoms with E-state index in [1.54, 1.807) is 0 Å². The average Bonchev–Trinajstić information content (AvgIpc) is 2.66. The van der Waals surface area contributed by atoms with Gasteiger partial charge in [0, 0.05) is 6.42 Å². The Hall–Kier alpha value is -1.35. The molecule has 146 valence electrons. The van der Waals surface area contributed by atoms with Crippen LogP contribution in [-0.2, 0) is 20.9 Å². The van der Waals surface area contributed by atoms with Gasteiger partial charge < -0.3 is 9.47 Å². The lowest BCUT2D eigenvalue weighted by Crippen LogP contribution is -2.47. The molecule has 0 bridgehead atoms. The number of esters is 1. The van der Waals surface area contributed by atoms with E-state index in [2.05, 4.69) is 26.0 Å². The Balaban J connectivity index is 1.81. The topological polar surface area (TPSA) is 35.5 Å². The van der Waals surface area contributed by atoms with Crippen LogP contribution in [0.1, 0.15) is 83.6 Å². The summed E-state index contributed by atoms with van der Waals surface area (Å²) in [7, 11) is 0. The quantitative estimate of drug-likeness (QED) is 0.299. The Bertz CT molecular complexity index is 499. The highest BCUT2D eigenvalue weighted by atomic mass is 16.6. The van der Waals surface area contributed by atoms with Crippen LogP contribution in [0.2, 0.25) is 0 Å². The molecule has 0 aromatic heterocycles. The van der Waals surface area contributed by atoms with Crippen LogP contribution in [0.4, 0.5) is 0 Å². The van der Waals surface area contributed by atoms with Gasteiger partial charge in [0.2, 0.25) is 0 Å². The molecule has 0 N–H and O–H groups in total.